The molecule has 1 aromatic rings. The topological polar surface area (TPSA) is 46.3 Å². The van der Waals surface area contributed by atoms with Gasteiger partial charge in [-0.3, -0.25) is 4.79 Å². The Bertz CT molecular complexity index is 744. The highest BCUT2D eigenvalue weighted by Crippen LogP contribution is 2.47. The molecule has 3 heteroatoms. The number of benzene rings is 1. The van der Waals surface area contributed by atoms with E-state index < -0.39 is 5.41 Å². The summed E-state index contributed by atoms with van der Waals surface area (Å²) < 4.78 is 0. The molecule has 2 unspecified atom stereocenters. The first-order chi connectivity index (χ1) is 11.2. The molecule has 0 saturated heterocycles. The first-order valence-electron chi connectivity index (χ1n) is 8.75. The van der Waals surface area contributed by atoms with E-state index in [1.54, 1.807) is 6.92 Å². The van der Waals surface area contributed by atoms with Crippen molar-refractivity contribution in [3.8, 4) is 0 Å². The molecular weight excluding hydrogens is 296 g/mol. The van der Waals surface area contributed by atoms with Crippen molar-refractivity contribution < 1.29 is 4.79 Å². The molecule has 2 atom stereocenters. The molecule has 0 radical (unpaired) electrons. The second-order valence-corrected chi connectivity index (χ2v) is 8.13. The minimum Gasteiger partial charge on any atom is -0.401 e. The Morgan fingerprint density at radius 2 is 1.92 bits per heavy atom. The first kappa shape index (κ1) is 16.8. The number of para-hydroxylation sites is 1. The van der Waals surface area contributed by atoms with Gasteiger partial charge in [0.1, 0.15) is 5.78 Å². The van der Waals surface area contributed by atoms with Crippen molar-refractivity contribution in [3.63, 3.8) is 0 Å². The molecule has 128 valence electrons. The zero-order valence-corrected chi connectivity index (χ0v) is 15.4. The smallest absolute Gasteiger partial charge is 0.141 e. The van der Waals surface area contributed by atoms with Crippen LogP contribution in [0.25, 0.3) is 0 Å². The Hall–Kier alpha value is -2.03. The lowest BCUT2D eigenvalue weighted by molar-refractivity contribution is -0.123. The summed E-state index contributed by atoms with van der Waals surface area (Å²) in [6, 6.07) is 8.61. The molecule has 0 saturated carbocycles. The van der Waals surface area contributed by atoms with Gasteiger partial charge in [-0.1, -0.05) is 31.2 Å². The predicted molar refractivity (Wildman–Crippen MR) is 99.8 cm³/mol. The van der Waals surface area contributed by atoms with E-state index in [1.807, 2.05) is 13.0 Å². The largest absolute Gasteiger partial charge is 0.401 e. The van der Waals surface area contributed by atoms with Crippen LogP contribution in [0.2, 0.25) is 0 Å². The van der Waals surface area contributed by atoms with Gasteiger partial charge >= 0.3 is 0 Å². The van der Waals surface area contributed by atoms with E-state index in [0.717, 1.165) is 12.1 Å². The standard InChI is InChI=1S/C21H28N2O/c1-14-13-20(3,4)23(18-9-7-6-8-17(14)18)16-10-11-21(5,15(2)24)19(22)12-16/h6-10,12,14H,11,13,22H2,1-5H3. The van der Waals surface area contributed by atoms with Gasteiger partial charge in [-0.05, 0) is 64.2 Å². The van der Waals surface area contributed by atoms with E-state index in [2.05, 4.69) is 56.0 Å². The van der Waals surface area contributed by atoms with E-state index in [9.17, 15) is 4.79 Å². The van der Waals surface area contributed by atoms with E-state index in [0.29, 0.717) is 18.0 Å². The molecule has 0 amide bonds. The molecule has 0 bridgehead atoms. The first-order valence-corrected chi connectivity index (χ1v) is 8.75. The zero-order chi connectivity index (χ0) is 17.7. The lowest BCUT2D eigenvalue weighted by Gasteiger charge is -2.49. The SMILES string of the molecule is CC(=O)C1(C)CC=C(N2c3ccccc3C(C)CC2(C)C)C=C1N. The van der Waals surface area contributed by atoms with Crippen molar-refractivity contribution in [2.24, 2.45) is 11.1 Å². The van der Waals surface area contributed by atoms with Crippen LogP contribution < -0.4 is 10.6 Å². The third-order valence-corrected chi connectivity index (χ3v) is 5.81. The van der Waals surface area contributed by atoms with E-state index >= 15 is 0 Å². The van der Waals surface area contributed by atoms with Crippen LogP contribution in [0.15, 0.2) is 47.8 Å². The Balaban J connectivity index is 2.08. The molecule has 1 heterocycles. The van der Waals surface area contributed by atoms with Crippen LogP contribution in [0.4, 0.5) is 5.69 Å². The highest BCUT2D eigenvalue weighted by Gasteiger charge is 2.40. The molecule has 3 nitrogen and oxygen atoms in total. The minimum absolute atomic E-state index is 0.000346. The number of anilines is 1. The van der Waals surface area contributed by atoms with E-state index in [-0.39, 0.29) is 11.3 Å². The third kappa shape index (κ3) is 2.47. The molecule has 1 aromatic carbocycles. The number of ketones is 1. The second-order valence-electron chi connectivity index (χ2n) is 8.13. The maximum absolute atomic E-state index is 12.0. The van der Waals surface area contributed by atoms with E-state index in [4.69, 9.17) is 5.73 Å². The van der Waals surface area contributed by atoms with Crippen LogP contribution in [-0.4, -0.2) is 11.3 Å². The number of hydrogen-bond acceptors (Lipinski definition) is 3. The average molecular weight is 324 g/mol. The van der Waals surface area contributed by atoms with Gasteiger partial charge < -0.3 is 10.6 Å². The molecule has 24 heavy (non-hydrogen) atoms. The molecule has 2 aliphatic rings. The van der Waals surface area contributed by atoms with Gasteiger partial charge in [0.2, 0.25) is 0 Å². The quantitative estimate of drug-likeness (QED) is 0.871. The highest BCUT2D eigenvalue weighted by atomic mass is 16.1. The normalized spacial score (nSPS) is 28.7. The summed E-state index contributed by atoms with van der Waals surface area (Å²) in [5.74, 6) is 0.652. The van der Waals surface area contributed by atoms with Gasteiger partial charge in [0.15, 0.2) is 0 Å². The lowest BCUT2D eigenvalue weighted by atomic mass is 9.75. The second kappa shape index (κ2) is 5.51. The summed E-state index contributed by atoms with van der Waals surface area (Å²) in [5, 5.41) is 0. The number of rotatable bonds is 2. The summed E-state index contributed by atoms with van der Waals surface area (Å²) in [4.78, 5) is 14.4. The number of Topliss-reactive ketones (excluding diaryl/α,β-unsaturated/α-hetero) is 1. The number of carbonyl (C=O) groups excluding carboxylic acids is 1. The zero-order valence-electron chi connectivity index (χ0n) is 15.4. The van der Waals surface area contributed by atoms with Crippen LogP contribution in [0, 0.1) is 5.41 Å². The van der Waals surface area contributed by atoms with Crippen molar-refractivity contribution in [1.29, 1.82) is 0 Å². The van der Waals surface area contributed by atoms with Gasteiger partial charge in [-0.2, -0.15) is 0 Å². The minimum atomic E-state index is -0.573. The summed E-state index contributed by atoms with van der Waals surface area (Å²) in [6.07, 6.45) is 5.91. The molecule has 3 rings (SSSR count). The van der Waals surface area contributed by atoms with Gasteiger partial charge in [-0.25, -0.2) is 0 Å². The predicted octanol–water partition coefficient (Wildman–Crippen LogP) is 4.50. The molecule has 2 N–H and O–H groups in total. The third-order valence-electron chi connectivity index (χ3n) is 5.81. The summed E-state index contributed by atoms with van der Waals surface area (Å²) in [5.41, 5.74) is 10.2. The van der Waals surface area contributed by atoms with Crippen molar-refractivity contribution >= 4 is 11.5 Å². The fourth-order valence-electron chi connectivity index (χ4n) is 4.18. The molecular formula is C21H28N2O. The van der Waals surface area contributed by atoms with Gasteiger partial charge in [0.05, 0.1) is 5.41 Å². The van der Waals surface area contributed by atoms with Crippen LogP contribution in [-0.2, 0) is 4.79 Å². The van der Waals surface area contributed by atoms with Crippen molar-refractivity contribution in [1.82, 2.24) is 0 Å². The molecule has 0 spiro atoms. The van der Waals surface area contributed by atoms with Crippen molar-refractivity contribution in [3.05, 3.63) is 53.4 Å². The number of fused-ring (bicyclic) bond motifs is 1. The fourth-order valence-corrected chi connectivity index (χ4v) is 4.18. The van der Waals surface area contributed by atoms with Gasteiger partial charge in [0, 0.05) is 22.6 Å². The monoisotopic (exact) mass is 324 g/mol. The summed E-state index contributed by atoms with van der Waals surface area (Å²) >= 11 is 0. The molecule has 0 aromatic heterocycles. The van der Waals surface area contributed by atoms with Crippen LogP contribution in [0.5, 0.6) is 0 Å². The lowest BCUT2D eigenvalue weighted by Crippen LogP contribution is -2.48. The molecule has 0 fully saturated rings. The summed E-state index contributed by atoms with van der Waals surface area (Å²) in [6.45, 7) is 10.4. The highest BCUT2D eigenvalue weighted by molar-refractivity contribution is 5.86. The summed E-state index contributed by atoms with van der Waals surface area (Å²) in [7, 11) is 0. The van der Waals surface area contributed by atoms with Crippen LogP contribution in [0.1, 0.15) is 58.9 Å². The fraction of sp³-hybridized carbons (Fsp3) is 0.476. The Morgan fingerprint density at radius 1 is 1.25 bits per heavy atom. The number of nitrogens with two attached hydrogens (primary N) is 1. The average Bonchev–Trinajstić information content (AvgIpc) is 2.50. The number of nitrogens with zero attached hydrogens (tertiary/aromatic N) is 1. The Kier molecular flexibility index (Phi) is 3.86. The van der Waals surface area contributed by atoms with Crippen molar-refractivity contribution in [2.45, 2.75) is 58.9 Å². The number of hydrogen-bond donors (Lipinski definition) is 1. The van der Waals surface area contributed by atoms with Gasteiger partial charge in [0.25, 0.3) is 0 Å². The molecule has 1 aliphatic carbocycles. The van der Waals surface area contributed by atoms with Crippen molar-refractivity contribution in [2.75, 3.05) is 4.90 Å². The Labute approximate surface area is 145 Å². The Morgan fingerprint density at radius 3 is 2.54 bits per heavy atom. The number of allylic oxidation sites excluding steroid dienone is 3. The maximum atomic E-state index is 12.0. The van der Waals surface area contributed by atoms with E-state index in [1.165, 1.54) is 11.3 Å². The molecule has 1 aliphatic heterocycles. The number of carbonyl (C=O) groups is 1. The maximum Gasteiger partial charge on any atom is 0.141 e. The van der Waals surface area contributed by atoms with Crippen LogP contribution >= 0.6 is 0 Å². The van der Waals surface area contributed by atoms with Gasteiger partial charge in [-0.15, -0.1) is 0 Å². The van der Waals surface area contributed by atoms with Crippen LogP contribution in [0.3, 0.4) is 0 Å².